The quantitative estimate of drug-likeness (QED) is 0.366. The summed E-state index contributed by atoms with van der Waals surface area (Å²) in [6.45, 7) is 4.86. The number of amides is 2. The minimum atomic E-state index is -1.26. The summed E-state index contributed by atoms with van der Waals surface area (Å²) in [5, 5.41) is 15.6. The lowest BCUT2D eigenvalue weighted by atomic mass is 10.1. The van der Waals surface area contributed by atoms with E-state index in [1.807, 2.05) is 9.80 Å². The number of piperazine rings is 1. The number of likely N-dealkylation sites (tertiary alicyclic amines) is 1. The highest BCUT2D eigenvalue weighted by molar-refractivity contribution is 5.92. The van der Waals surface area contributed by atoms with E-state index in [0.29, 0.717) is 62.1 Å². The van der Waals surface area contributed by atoms with Gasteiger partial charge in [0, 0.05) is 57.5 Å². The SMILES string of the molecule is COc1cc(/C=C/C(=O)N2CCN(CC(=O)N3CCCC3)CC2)cc(OC)c1OC.O.O.O=C(O)/C=C\C(=O)O. The summed E-state index contributed by atoms with van der Waals surface area (Å²) < 4.78 is 16.0. The third-order valence-corrected chi connectivity index (χ3v) is 5.98. The first-order valence-electron chi connectivity index (χ1n) is 12.1. The number of carboxylic acids is 2. The summed E-state index contributed by atoms with van der Waals surface area (Å²) in [7, 11) is 4.67. The van der Waals surface area contributed by atoms with Gasteiger partial charge in [0.2, 0.25) is 17.6 Å². The van der Waals surface area contributed by atoms with Crippen molar-refractivity contribution in [3.8, 4) is 17.2 Å². The maximum Gasteiger partial charge on any atom is 0.328 e. The first-order chi connectivity index (χ1) is 18.2. The number of methoxy groups -OCH3 is 3. The van der Waals surface area contributed by atoms with Crippen molar-refractivity contribution in [1.82, 2.24) is 14.7 Å². The van der Waals surface area contributed by atoms with Crippen LogP contribution < -0.4 is 14.2 Å². The molecule has 0 aromatic heterocycles. The van der Waals surface area contributed by atoms with E-state index in [-0.39, 0.29) is 22.8 Å². The van der Waals surface area contributed by atoms with E-state index in [2.05, 4.69) is 4.90 Å². The topological polar surface area (TPSA) is 209 Å². The third kappa shape index (κ3) is 11.3. The minimum Gasteiger partial charge on any atom is -0.493 e. The molecule has 0 spiro atoms. The monoisotopic (exact) mass is 569 g/mol. The number of benzene rings is 1. The molecule has 2 heterocycles. The molecular weight excluding hydrogens is 530 g/mol. The maximum atomic E-state index is 12.6. The van der Waals surface area contributed by atoms with E-state index in [4.69, 9.17) is 24.4 Å². The molecule has 0 aliphatic carbocycles. The molecule has 14 nitrogen and oxygen atoms in total. The Morgan fingerprint density at radius 3 is 1.68 bits per heavy atom. The van der Waals surface area contributed by atoms with Crippen molar-refractivity contribution in [2.45, 2.75) is 12.8 Å². The van der Waals surface area contributed by atoms with Gasteiger partial charge in [0.1, 0.15) is 0 Å². The molecular formula is C26H39N3O11. The van der Waals surface area contributed by atoms with Crippen LogP contribution >= 0.6 is 0 Å². The van der Waals surface area contributed by atoms with E-state index in [1.165, 1.54) is 0 Å². The Morgan fingerprint density at radius 2 is 1.25 bits per heavy atom. The molecule has 0 radical (unpaired) electrons. The molecule has 1 aromatic rings. The minimum absolute atomic E-state index is 0. The second-order valence-electron chi connectivity index (χ2n) is 8.49. The average Bonchev–Trinajstić information content (AvgIpc) is 3.46. The third-order valence-electron chi connectivity index (χ3n) is 5.98. The highest BCUT2D eigenvalue weighted by atomic mass is 16.5. The predicted molar refractivity (Wildman–Crippen MR) is 146 cm³/mol. The van der Waals surface area contributed by atoms with E-state index >= 15 is 0 Å². The van der Waals surface area contributed by atoms with Gasteiger partial charge in [-0.15, -0.1) is 0 Å². The van der Waals surface area contributed by atoms with E-state index < -0.39 is 11.9 Å². The van der Waals surface area contributed by atoms with Crippen LogP contribution in [0, 0.1) is 0 Å². The maximum absolute atomic E-state index is 12.6. The van der Waals surface area contributed by atoms with Crippen LogP contribution in [0.2, 0.25) is 0 Å². The molecule has 2 amide bonds. The molecule has 0 saturated carbocycles. The molecule has 0 atom stereocenters. The van der Waals surface area contributed by atoms with Gasteiger partial charge < -0.3 is 45.2 Å². The van der Waals surface area contributed by atoms with Crippen molar-refractivity contribution in [1.29, 1.82) is 0 Å². The molecule has 0 bridgehead atoms. The molecule has 6 N–H and O–H groups in total. The van der Waals surface area contributed by atoms with Gasteiger partial charge in [-0.2, -0.15) is 0 Å². The van der Waals surface area contributed by atoms with Crippen LogP contribution in [0.25, 0.3) is 6.08 Å². The van der Waals surface area contributed by atoms with Gasteiger partial charge in [-0.1, -0.05) is 0 Å². The van der Waals surface area contributed by atoms with Crippen LogP contribution in [0.15, 0.2) is 30.4 Å². The Labute approximate surface area is 232 Å². The van der Waals surface area contributed by atoms with Gasteiger partial charge in [-0.25, -0.2) is 9.59 Å². The van der Waals surface area contributed by atoms with E-state index in [9.17, 15) is 19.2 Å². The lowest BCUT2D eigenvalue weighted by molar-refractivity contribution is -0.134. The van der Waals surface area contributed by atoms with Crippen molar-refractivity contribution >= 4 is 29.8 Å². The van der Waals surface area contributed by atoms with Crippen LogP contribution in [-0.4, -0.2) is 127 Å². The van der Waals surface area contributed by atoms with Crippen LogP contribution in [0.3, 0.4) is 0 Å². The Bertz CT molecular complexity index is 1000. The average molecular weight is 570 g/mol. The Hall–Kier alpha value is -4.14. The van der Waals surface area contributed by atoms with E-state index in [1.54, 1.807) is 45.6 Å². The number of nitrogens with zero attached hydrogens (tertiary/aromatic N) is 3. The van der Waals surface area contributed by atoms with Gasteiger partial charge >= 0.3 is 11.9 Å². The summed E-state index contributed by atoms with van der Waals surface area (Å²) in [4.78, 5) is 49.9. The molecule has 224 valence electrons. The van der Waals surface area contributed by atoms with Crippen LogP contribution in [-0.2, 0) is 19.2 Å². The fourth-order valence-corrected chi connectivity index (χ4v) is 4.00. The zero-order valence-corrected chi connectivity index (χ0v) is 22.9. The molecule has 3 rings (SSSR count). The van der Waals surface area contributed by atoms with Gasteiger partial charge in [-0.05, 0) is 36.6 Å². The summed E-state index contributed by atoms with van der Waals surface area (Å²) in [5.74, 6) is -0.757. The highest BCUT2D eigenvalue weighted by Gasteiger charge is 2.24. The Morgan fingerprint density at radius 1 is 0.750 bits per heavy atom. The Balaban J connectivity index is 0.00000133. The molecule has 2 fully saturated rings. The standard InChI is InChI=1S/C22H31N3O5.C4H4O4.2H2O/c1-28-18-14-17(15-19(29-2)22(18)30-3)6-7-20(26)25-12-10-23(11-13-25)16-21(27)24-8-4-5-9-24;5-3(6)1-2-4(7)8;;/h6-7,14-15H,4-5,8-13,16H2,1-3H3;1-2H,(H,5,6)(H,7,8);2*1H2/b7-6+;2-1-;;. The lowest BCUT2D eigenvalue weighted by Gasteiger charge is -2.34. The molecule has 40 heavy (non-hydrogen) atoms. The highest BCUT2D eigenvalue weighted by Crippen LogP contribution is 2.38. The van der Waals surface area contributed by atoms with Crippen LogP contribution in [0.1, 0.15) is 18.4 Å². The molecule has 2 saturated heterocycles. The van der Waals surface area contributed by atoms with Gasteiger partial charge in [0.25, 0.3) is 0 Å². The molecule has 2 aliphatic heterocycles. The summed E-state index contributed by atoms with van der Waals surface area (Å²) in [6.07, 6.45) is 6.63. The zero-order chi connectivity index (χ0) is 28.1. The molecule has 14 heteroatoms. The van der Waals surface area contributed by atoms with Crippen molar-refractivity contribution in [3.05, 3.63) is 35.9 Å². The van der Waals surface area contributed by atoms with Gasteiger partial charge in [0.15, 0.2) is 11.5 Å². The second kappa shape index (κ2) is 18.2. The normalized spacial score (nSPS) is 15.0. The van der Waals surface area contributed by atoms with Crippen LogP contribution in [0.4, 0.5) is 0 Å². The Kier molecular flexibility index (Phi) is 16.3. The largest absolute Gasteiger partial charge is 0.493 e. The summed E-state index contributed by atoms with van der Waals surface area (Å²) >= 11 is 0. The van der Waals surface area contributed by atoms with Crippen molar-refractivity contribution < 1.29 is 54.6 Å². The fraction of sp³-hybridized carbons (Fsp3) is 0.462. The van der Waals surface area contributed by atoms with Gasteiger partial charge in [-0.3, -0.25) is 14.5 Å². The molecule has 0 unspecified atom stereocenters. The van der Waals surface area contributed by atoms with Crippen molar-refractivity contribution in [2.24, 2.45) is 0 Å². The number of ether oxygens (including phenoxy) is 3. The molecule has 2 aliphatic rings. The lowest BCUT2D eigenvalue weighted by Crippen LogP contribution is -2.51. The first-order valence-corrected chi connectivity index (χ1v) is 12.1. The number of hydrogen-bond acceptors (Lipinski definition) is 8. The number of carbonyl (C=O) groups is 4. The smallest absolute Gasteiger partial charge is 0.328 e. The van der Waals surface area contributed by atoms with E-state index in [0.717, 1.165) is 31.5 Å². The number of hydrogen-bond donors (Lipinski definition) is 2. The number of carboxylic acid groups (broad SMARTS) is 2. The number of rotatable bonds is 9. The number of aliphatic carboxylic acids is 2. The van der Waals surface area contributed by atoms with Crippen molar-refractivity contribution in [3.63, 3.8) is 0 Å². The predicted octanol–water partition coefficient (Wildman–Crippen LogP) is -0.445. The second-order valence-corrected chi connectivity index (χ2v) is 8.49. The molecule has 1 aromatic carbocycles. The number of carbonyl (C=O) groups excluding carboxylic acids is 2. The van der Waals surface area contributed by atoms with Crippen LogP contribution in [0.5, 0.6) is 17.2 Å². The van der Waals surface area contributed by atoms with Crippen molar-refractivity contribution in [2.75, 3.05) is 67.1 Å². The van der Waals surface area contributed by atoms with Gasteiger partial charge in [0.05, 0.1) is 27.9 Å². The fourth-order valence-electron chi connectivity index (χ4n) is 4.00. The zero-order valence-electron chi connectivity index (χ0n) is 22.9. The summed E-state index contributed by atoms with van der Waals surface area (Å²) in [5.41, 5.74) is 0.785. The summed E-state index contributed by atoms with van der Waals surface area (Å²) in [6, 6.07) is 3.60. The first kappa shape index (κ1) is 35.9.